The van der Waals surface area contributed by atoms with Gasteiger partial charge in [-0.2, -0.15) is 0 Å². The molecule has 1 aliphatic heterocycles. The van der Waals surface area contributed by atoms with Gasteiger partial charge in [-0.15, -0.1) is 0 Å². The highest BCUT2D eigenvalue weighted by atomic mass is 16.6. The normalized spacial score (nSPS) is 19.2. The van der Waals surface area contributed by atoms with E-state index in [0.717, 1.165) is 12.0 Å². The predicted molar refractivity (Wildman–Crippen MR) is 68.0 cm³/mol. The molecule has 1 aliphatic rings. The van der Waals surface area contributed by atoms with Gasteiger partial charge in [0.05, 0.1) is 10.8 Å². The topological polar surface area (TPSA) is 90.8 Å². The Kier molecular flexibility index (Phi) is 3.45. The Morgan fingerprint density at radius 2 is 2.33 bits per heavy atom. The van der Waals surface area contributed by atoms with Gasteiger partial charge in [0.2, 0.25) is 0 Å². The van der Waals surface area contributed by atoms with Crippen LogP contribution in [0.5, 0.6) is 5.75 Å². The van der Waals surface area contributed by atoms with Crippen LogP contribution >= 0.6 is 0 Å². The van der Waals surface area contributed by atoms with Crippen LogP contribution in [-0.2, 0) is 0 Å². The summed E-state index contributed by atoms with van der Waals surface area (Å²) < 4.78 is 5.81. The van der Waals surface area contributed by atoms with Gasteiger partial charge < -0.3 is 10.5 Å². The van der Waals surface area contributed by atoms with Crippen molar-refractivity contribution in [3.63, 3.8) is 0 Å². The molecule has 0 spiro atoms. The molecule has 6 heteroatoms. The summed E-state index contributed by atoms with van der Waals surface area (Å²) in [6.45, 7) is 2.46. The molecule has 0 amide bonds. The number of aryl methyl sites for hydroxylation is 1. The van der Waals surface area contributed by atoms with Gasteiger partial charge in [0.1, 0.15) is 11.9 Å². The molecule has 96 valence electrons. The van der Waals surface area contributed by atoms with E-state index in [1.54, 1.807) is 13.0 Å². The monoisotopic (exact) mass is 249 g/mol. The molecule has 0 saturated carbocycles. The summed E-state index contributed by atoms with van der Waals surface area (Å²) in [4.78, 5) is 14.3. The second-order valence-electron chi connectivity index (χ2n) is 4.31. The van der Waals surface area contributed by atoms with E-state index >= 15 is 0 Å². The molecule has 0 aromatic heterocycles. The van der Waals surface area contributed by atoms with E-state index in [1.165, 1.54) is 12.1 Å². The SMILES string of the molecule is Cc1cc([N+](=O)[O-])ccc1OC1CCN=C(N)C1. The lowest BCUT2D eigenvalue weighted by Gasteiger charge is -2.22. The summed E-state index contributed by atoms with van der Waals surface area (Å²) in [5.41, 5.74) is 6.49. The molecule has 1 aromatic rings. The number of nitrogens with two attached hydrogens (primary N) is 1. The van der Waals surface area contributed by atoms with Crippen LogP contribution in [0.1, 0.15) is 18.4 Å². The van der Waals surface area contributed by atoms with Gasteiger partial charge in [0, 0.05) is 31.5 Å². The van der Waals surface area contributed by atoms with Crippen molar-refractivity contribution in [1.82, 2.24) is 0 Å². The van der Waals surface area contributed by atoms with Crippen molar-refractivity contribution in [3.8, 4) is 5.75 Å². The highest BCUT2D eigenvalue weighted by Gasteiger charge is 2.18. The smallest absolute Gasteiger partial charge is 0.269 e. The molecule has 0 saturated heterocycles. The fourth-order valence-electron chi connectivity index (χ4n) is 1.91. The average Bonchev–Trinajstić information content (AvgIpc) is 2.31. The number of nitro groups is 1. The Labute approximate surface area is 105 Å². The Morgan fingerprint density at radius 1 is 1.56 bits per heavy atom. The van der Waals surface area contributed by atoms with E-state index in [9.17, 15) is 10.1 Å². The number of rotatable bonds is 3. The lowest BCUT2D eigenvalue weighted by molar-refractivity contribution is -0.384. The molecule has 1 unspecified atom stereocenters. The Morgan fingerprint density at radius 3 is 2.94 bits per heavy atom. The summed E-state index contributed by atoms with van der Waals surface area (Å²) >= 11 is 0. The van der Waals surface area contributed by atoms with E-state index in [4.69, 9.17) is 10.5 Å². The number of ether oxygens (including phenoxy) is 1. The highest BCUT2D eigenvalue weighted by molar-refractivity contribution is 5.81. The van der Waals surface area contributed by atoms with Crippen molar-refractivity contribution in [3.05, 3.63) is 33.9 Å². The first-order valence-corrected chi connectivity index (χ1v) is 5.77. The first-order chi connectivity index (χ1) is 8.56. The lowest BCUT2D eigenvalue weighted by Crippen LogP contribution is -2.30. The third-order valence-electron chi connectivity index (χ3n) is 2.87. The summed E-state index contributed by atoms with van der Waals surface area (Å²) in [6.07, 6.45) is 1.43. The molecule has 0 radical (unpaired) electrons. The van der Waals surface area contributed by atoms with Crippen LogP contribution < -0.4 is 10.5 Å². The van der Waals surface area contributed by atoms with Crippen molar-refractivity contribution < 1.29 is 9.66 Å². The second-order valence-corrected chi connectivity index (χ2v) is 4.31. The van der Waals surface area contributed by atoms with Gasteiger partial charge in [-0.25, -0.2) is 0 Å². The third-order valence-corrected chi connectivity index (χ3v) is 2.87. The van der Waals surface area contributed by atoms with Crippen molar-refractivity contribution in [2.75, 3.05) is 6.54 Å². The largest absolute Gasteiger partial charge is 0.490 e. The van der Waals surface area contributed by atoms with Crippen LogP contribution in [0.3, 0.4) is 0 Å². The van der Waals surface area contributed by atoms with Gasteiger partial charge in [-0.3, -0.25) is 15.1 Å². The number of nitro benzene ring substituents is 1. The van der Waals surface area contributed by atoms with Crippen LogP contribution in [-0.4, -0.2) is 23.4 Å². The molecule has 1 heterocycles. The molecule has 1 aromatic carbocycles. The fourth-order valence-corrected chi connectivity index (χ4v) is 1.91. The summed E-state index contributed by atoms with van der Waals surface area (Å²) in [5, 5.41) is 10.6. The van der Waals surface area contributed by atoms with Gasteiger partial charge >= 0.3 is 0 Å². The zero-order valence-corrected chi connectivity index (χ0v) is 10.1. The molecular weight excluding hydrogens is 234 g/mol. The first-order valence-electron chi connectivity index (χ1n) is 5.77. The van der Waals surface area contributed by atoms with Crippen LogP contribution in [0.4, 0.5) is 5.69 Å². The summed E-state index contributed by atoms with van der Waals surface area (Å²) in [6, 6.07) is 4.59. The van der Waals surface area contributed by atoms with Gasteiger partial charge in [0.15, 0.2) is 0 Å². The molecule has 6 nitrogen and oxygen atoms in total. The first kappa shape index (κ1) is 12.3. The van der Waals surface area contributed by atoms with E-state index in [0.29, 0.717) is 24.6 Å². The second kappa shape index (κ2) is 5.03. The predicted octanol–water partition coefficient (Wildman–Crippen LogP) is 1.80. The number of non-ortho nitro benzene ring substituents is 1. The van der Waals surface area contributed by atoms with Crippen LogP contribution in [0.25, 0.3) is 0 Å². The maximum atomic E-state index is 10.6. The van der Waals surface area contributed by atoms with Gasteiger partial charge in [-0.05, 0) is 18.6 Å². The Balaban J connectivity index is 2.10. The Bertz CT molecular complexity index is 499. The van der Waals surface area contributed by atoms with E-state index in [1.807, 2.05) is 0 Å². The van der Waals surface area contributed by atoms with Crippen molar-refractivity contribution in [2.45, 2.75) is 25.9 Å². The molecule has 0 bridgehead atoms. The van der Waals surface area contributed by atoms with Crippen LogP contribution in [0.15, 0.2) is 23.2 Å². The van der Waals surface area contributed by atoms with Crippen LogP contribution in [0.2, 0.25) is 0 Å². The number of benzene rings is 1. The Hall–Kier alpha value is -2.11. The fraction of sp³-hybridized carbons (Fsp3) is 0.417. The molecule has 1 atom stereocenters. The molecule has 0 aliphatic carbocycles. The number of hydrogen-bond acceptors (Lipinski definition) is 5. The zero-order valence-electron chi connectivity index (χ0n) is 10.1. The minimum Gasteiger partial charge on any atom is -0.490 e. The van der Waals surface area contributed by atoms with Crippen molar-refractivity contribution in [1.29, 1.82) is 0 Å². The zero-order chi connectivity index (χ0) is 13.1. The van der Waals surface area contributed by atoms with E-state index < -0.39 is 4.92 Å². The minimum atomic E-state index is -0.415. The number of aliphatic imine (C=N–C) groups is 1. The lowest BCUT2D eigenvalue weighted by atomic mass is 10.1. The quantitative estimate of drug-likeness (QED) is 0.653. The van der Waals surface area contributed by atoms with Crippen molar-refractivity contribution >= 4 is 11.5 Å². The number of nitrogens with zero attached hydrogens (tertiary/aromatic N) is 2. The average molecular weight is 249 g/mol. The van der Waals surface area contributed by atoms with Gasteiger partial charge in [0.25, 0.3) is 5.69 Å². The molecule has 0 fully saturated rings. The third kappa shape index (κ3) is 2.77. The van der Waals surface area contributed by atoms with Gasteiger partial charge in [-0.1, -0.05) is 0 Å². The van der Waals surface area contributed by atoms with E-state index in [-0.39, 0.29) is 11.8 Å². The summed E-state index contributed by atoms with van der Waals surface area (Å²) in [5.74, 6) is 1.27. The van der Waals surface area contributed by atoms with Crippen LogP contribution in [0, 0.1) is 17.0 Å². The van der Waals surface area contributed by atoms with Crippen molar-refractivity contribution in [2.24, 2.45) is 10.7 Å². The molecule has 18 heavy (non-hydrogen) atoms. The molecule has 2 N–H and O–H groups in total. The maximum absolute atomic E-state index is 10.6. The standard InChI is InChI=1S/C12H15N3O3/c1-8-6-9(15(16)17)2-3-11(8)18-10-4-5-14-12(13)7-10/h2-3,6,10H,4-5,7H2,1H3,(H2,13,14). The summed E-state index contributed by atoms with van der Waals surface area (Å²) in [7, 11) is 0. The minimum absolute atomic E-state index is 0.00246. The van der Waals surface area contributed by atoms with E-state index in [2.05, 4.69) is 4.99 Å². The molecule has 2 rings (SSSR count). The highest BCUT2D eigenvalue weighted by Crippen LogP contribution is 2.25. The number of hydrogen-bond donors (Lipinski definition) is 1. The maximum Gasteiger partial charge on any atom is 0.269 e. The number of amidine groups is 1. The molecular formula is C12H15N3O3.